The van der Waals surface area contributed by atoms with Crippen molar-refractivity contribution in [2.45, 2.75) is 226 Å². The summed E-state index contributed by atoms with van der Waals surface area (Å²) in [4.78, 5) is 37.7. The average molecular weight is 783 g/mol. The van der Waals surface area contributed by atoms with Crippen molar-refractivity contribution in [1.82, 2.24) is 0 Å². The lowest BCUT2D eigenvalue weighted by atomic mass is 10.1. The van der Waals surface area contributed by atoms with Crippen LogP contribution in [0, 0.1) is 0 Å². The molecule has 1 atom stereocenters. The molecule has 1 unspecified atom stereocenters. The Labute approximate surface area is 345 Å². The Morgan fingerprint density at radius 1 is 0.357 bits per heavy atom. The maximum atomic E-state index is 12.7. The van der Waals surface area contributed by atoms with Crippen molar-refractivity contribution in [1.29, 1.82) is 0 Å². The molecule has 0 aromatic rings. The third-order valence-electron chi connectivity index (χ3n) is 9.77. The van der Waals surface area contributed by atoms with Gasteiger partial charge < -0.3 is 14.2 Å². The van der Waals surface area contributed by atoms with Gasteiger partial charge in [0.05, 0.1) is 0 Å². The van der Waals surface area contributed by atoms with Crippen LogP contribution in [0.1, 0.15) is 220 Å². The monoisotopic (exact) mass is 783 g/mol. The van der Waals surface area contributed by atoms with Gasteiger partial charge in [-0.2, -0.15) is 0 Å². The second-order valence-electron chi connectivity index (χ2n) is 15.4. The van der Waals surface area contributed by atoms with E-state index in [-0.39, 0.29) is 31.1 Å². The molecule has 0 aliphatic carbocycles. The smallest absolute Gasteiger partial charge is 0.306 e. The topological polar surface area (TPSA) is 78.9 Å². The maximum Gasteiger partial charge on any atom is 0.306 e. The van der Waals surface area contributed by atoms with Gasteiger partial charge in [0.15, 0.2) is 6.10 Å². The van der Waals surface area contributed by atoms with E-state index in [9.17, 15) is 14.4 Å². The molecule has 0 rings (SSSR count). The molecule has 0 amide bonds. The van der Waals surface area contributed by atoms with Gasteiger partial charge in [-0.25, -0.2) is 0 Å². The van der Waals surface area contributed by atoms with Crippen LogP contribution in [-0.4, -0.2) is 37.2 Å². The van der Waals surface area contributed by atoms with E-state index in [1.54, 1.807) is 0 Å². The molecule has 0 aliphatic heterocycles. The highest BCUT2D eigenvalue weighted by molar-refractivity contribution is 5.71. The van der Waals surface area contributed by atoms with Crippen LogP contribution in [0.15, 0.2) is 60.8 Å². The van der Waals surface area contributed by atoms with Crippen LogP contribution >= 0.6 is 0 Å². The quantitative estimate of drug-likeness (QED) is 0.0202. The standard InChI is InChI=1S/C50H86O6/c1-4-7-10-13-16-19-22-24-25-26-29-31-34-37-40-43-49(52)55-46-47(45-54-48(51)42-39-36-33-30-27-21-18-15-12-9-6-3)56-50(53)44-41-38-35-32-28-23-20-17-14-11-8-5-2/h15-22,24,27,47H,4-14,23,25-26,28-46H2,1-3H3/b18-15-,19-16-,20-17-,24-22-,27-21-. The fraction of sp³-hybridized carbons (Fsp3) is 0.740. The molecule has 0 N–H and O–H groups in total. The first kappa shape index (κ1) is 53.1. The molecular formula is C50H86O6. The number of unbranched alkanes of at least 4 members (excludes halogenated alkanes) is 22. The number of rotatable bonds is 41. The Balaban J connectivity index is 4.44. The van der Waals surface area contributed by atoms with Crippen molar-refractivity contribution < 1.29 is 28.6 Å². The van der Waals surface area contributed by atoms with E-state index in [1.807, 2.05) is 0 Å². The van der Waals surface area contributed by atoms with Gasteiger partial charge in [0.1, 0.15) is 13.2 Å². The van der Waals surface area contributed by atoms with Gasteiger partial charge in [-0.05, 0) is 89.9 Å². The lowest BCUT2D eigenvalue weighted by Gasteiger charge is -2.18. The summed E-state index contributed by atoms with van der Waals surface area (Å²) in [7, 11) is 0. The molecule has 0 fully saturated rings. The van der Waals surface area contributed by atoms with E-state index in [4.69, 9.17) is 14.2 Å². The van der Waals surface area contributed by atoms with Gasteiger partial charge in [-0.3, -0.25) is 14.4 Å². The van der Waals surface area contributed by atoms with Gasteiger partial charge >= 0.3 is 17.9 Å². The van der Waals surface area contributed by atoms with E-state index < -0.39 is 6.10 Å². The van der Waals surface area contributed by atoms with Crippen molar-refractivity contribution in [3.8, 4) is 0 Å². The van der Waals surface area contributed by atoms with Crippen LogP contribution in [-0.2, 0) is 28.6 Å². The molecule has 0 heterocycles. The minimum atomic E-state index is -0.791. The zero-order valence-electron chi connectivity index (χ0n) is 36.6. The molecule has 0 spiro atoms. The summed E-state index contributed by atoms with van der Waals surface area (Å²) in [6.07, 6.45) is 53.4. The highest BCUT2D eigenvalue weighted by Crippen LogP contribution is 2.13. The predicted octanol–water partition coefficient (Wildman–Crippen LogP) is 14.9. The van der Waals surface area contributed by atoms with Crippen LogP contribution < -0.4 is 0 Å². The predicted molar refractivity (Wildman–Crippen MR) is 238 cm³/mol. The summed E-state index contributed by atoms with van der Waals surface area (Å²) in [6, 6.07) is 0. The number of esters is 3. The van der Waals surface area contributed by atoms with E-state index in [1.165, 1.54) is 89.9 Å². The minimum Gasteiger partial charge on any atom is -0.462 e. The Morgan fingerprint density at radius 3 is 1.07 bits per heavy atom. The van der Waals surface area contributed by atoms with Crippen LogP contribution in [0.5, 0.6) is 0 Å². The zero-order chi connectivity index (χ0) is 40.8. The Bertz CT molecular complexity index is 1040. The van der Waals surface area contributed by atoms with Gasteiger partial charge in [0.25, 0.3) is 0 Å². The first-order valence-corrected chi connectivity index (χ1v) is 23.3. The number of hydrogen-bond acceptors (Lipinski definition) is 6. The molecule has 0 aliphatic rings. The molecule has 0 saturated heterocycles. The molecule has 0 aromatic heterocycles. The third kappa shape index (κ3) is 42.3. The van der Waals surface area contributed by atoms with Crippen LogP contribution in [0.4, 0.5) is 0 Å². The summed E-state index contributed by atoms with van der Waals surface area (Å²) in [5.74, 6) is -0.945. The second-order valence-corrected chi connectivity index (χ2v) is 15.4. The van der Waals surface area contributed by atoms with Crippen LogP contribution in [0.2, 0.25) is 0 Å². The van der Waals surface area contributed by atoms with E-state index >= 15 is 0 Å². The largest absolute Gasteiger partial charge is 0.462 e. The van der Waals surface area contributed by atoms with Gasteiger partial charge in [-0.1, -0.05) is 171 Å². The normalized spacial score (nSPS) is 12.6. The van der Waals surface area contributed by atoms with Gasteiger partial charge in [-0.15, -0.1) is 0 Å². The van der Waals surface area contributed by atoms with E-state index in [2.05, 4.69) is 81.5 Å². The maximum absolute atomic E-state index is 12.7. The van der Waals surface area contributed by atoms with Crippen LogP contribution in [0.3, 0.4) is 0 Å². The molecule has 322 valence electrons. The Hall–Kier alpha value is -2.89. The summed E-state index contributed by atoms with van der Waals surface area (Å²) < 4.78 is 16.7. The fourth-order valence-corrected chi connectivity index (χ4v) is 6.17. The van der Waals surface area contributed by atoms with Crippen molar-refractivity contribution in [2.75, 3.05) is 13.2 Å². The van der Waals surface area contributed by atoms with Gasteiger partial charge in [0, 0.05) is 19.3 Å². The highest BCUT2D eigenvalue weighted by atomic mass is 16.6. The Kier molecular flexibility index (Phi) is 42.5. The van der Waals surface area contributed by atoms with Crippen molar-refractivity contribution >= 4 is 17.9 Å². The number of hydrogen-bond donors (Lipinski definition) is 0. The average Bonchev–Trinajstić information content (AvgIpc) is 3.19. The highest BCUT2D eigenvalue weighted by Gasteiger charge is 2.19. The van der Waals surface area contributed by atoms with E-state index in [0.29, 0.717) is 19.3 Å². The lowest BCUT2D eigenvalue weighted by Crippen LogP contribution is -2.30. The van der Waals surface area contributed by atoms with Crippen LogP contribution in [0.25, 0.3) is 0 Å². The first-order valence-electron chi connectivity index (χ1n) is 23.3. The molecule has 6 nitrogen and oxygen atoms in total. The summed E-state index contributed by atoms with van der Waals surface area (Å²) >= 11 is 0. The number of allylic oxidation sites excluding steroid dienone is 10. The van der Waals surface area contributed by atoms with E-state index in [0.717, 1.165) is 89.9 Å². The SMILES string of the molecule is CCCC/C=C\C=C/CCCCCC(=O)OCC(COC(=O)CCCCCCCC/C=C\C=C/CCCCC)OC(=O)CCCCCCC/C=C\CCCCC. The van der Waals surface area contributed by atoms with Crippen molar-refractivity contribution in [3.05, 3.63) is 60.8 Å². The molecule has 6 heteroatoms. The number of carbonyl (C=O) groups excluding carboxylic acids is 3. The molecule has 0 aromatic carbocycles. The zero-order valence-corrected chi connectivity index (χ0v) is 36.6. The van der Waals surface area contributed by atoms with Crippen molar-refractivity contribution in [2.24, 2.45) is 0 Å². The van der Waals surface area contributed by atoms with Gasteiger partial charge in [0.2, 0.25) is 0 Å². The third-order valence-corrected chi connectivity index (χ3v) is 9.77. The number of ether oxygens (including phenoxy) is 3. The second kappa shape index (κ2) is 44.8. The summed E-state index contributed by atoms with van der Waals surface area (Å²) in [5, 5.41) is 0. The minimum absolute atomic E-state index is 0.0928. The molecular weight excluding hydrogens is 697 g/mol. The molecule has 56 heavy (non-hydrogen) atoms. The fourth-order valence-electron chi connectivity index (χ4n) is 6.17. The summed E-state index contributed by atoms with van der Waals surface area (Å²) in [5.41, 5.74) is 0. The first-order chi connectivity index (χ1) is 27.5. The lowest BCUT2D eigenvalue weighted by molar-refractivity contribution is -0.167. The summed E-state index contributed by atoms with van der Waals surface area (Å²) in [6.45, 7) is 6.47. The Morgan fingerprint density at radius 2 is 0.661 bits per heavy atom. The molecule has 0 saturated carbocycles. The molecule has 0 radical (unpaired) electrons. The molecule has 0 bridgehead atoms. The van der Waals surface area contributed by atoms with Crippen molar-refractivity contribution in [3.63, 3.8) is 0 Å². The number of carbonyl (C=O) groups is 3.